The average Bonchev–Trinajstić information content (AvgIpc) is 3.76. The number of pyridine rings is 1. The summed E-state index contributed by atoms with van der Waals surface area (Å²) in [7, 11) is 0. The Balaban J connectivity index is 0.916. The molecule has 5 nitrogen and oxygen atoms in total. The highest BCUT2D eigenvalue weighted by Gasteiger charge is 2.24. The molecule has 0 saturated heterocycles. The van der Waals surface area contributed by atoms with Crippen molar-refractivity contribution < 1.29 is 4.42 Å². The first-order valence-corrected chi connectivity index (χ1v) is 22.0. The summed E-state index contributed by atoms with van der Waals surface area (Å²) < 4.78 is 6.63. The molecule has 1 N–H and O–H groups in total. The first-order valence-electron chi connectivity index (χ1n) is 22.0. The van der Waals surface area contributed by atoms with Gasteiger partial charge in [-0.2, -0.15) is 0 Å². The fraction of sp³-hybridized carbons (Fsp3) is 0.0167. The number of rotatable bonds is 6. The van der Waals surface area contributed by atoms with E-state index in [0.29, 0.717) is 5.84 Å². The number of nitrogens with one attached hydrogen (secondary N) is 1. The minimum absolute atomic E-state index is 0.351. The molecule has 0 amide bonds. The number of aliphatic imine (C=N–C) groups is 2. The standard InChI is InChI=1S/C60H38N4O/c1-2-16-42(17-3-1)57-50-36-53-56(49-23-9-11-27-52(49)65-53)54(55(50)48-22-8-10-26-51(48)61-57)41-32-28-37(29-33-41)38-30-34-43(35-31-38)58-62-59(46-24-12-18-39-14-4-6-20-44(39)46)64-60(63-58)47-25-13-19-40-15-5-7-21-45(40)47/h1-36,58H,(H,62,63,64). The molecule has 1 atom stereocenters. The average molecular weight is 831 g/mol. The smallest absolute Gasteiger partial charge is 0.160 e. The molecule has 304 valence electrons. The van der Waals surface area contributed by atoms with E-state index in [1.807, 2.05) is 12.1 Å². The molecule has 1 unspecified atom stereocenters. The van der Waals surface area contributed by atoms with Gasteiger partial charge in [-0.05, 0) is 62.0 Å². The van der Waals surface area contributed by atoms with Crippen molar-refractivity contribution in [1.82, 2.24) is 10.3 Å². The number of hydrogen-bond acceptors (Lipinski definition) is 5. The molecular weight excluding hydrogens is 793 g/mol. The maximum absolute atomic E-state index is 6.63. The van der Waals surface area contributed by atoms with E-state index in [1.165, 1.54) is 10.8 Å². The van der Waals surface area contributed by atoms with Gasteiger partial charge in [-0.1, -0.05) is 200 Å². The van der Waals surface area contributed by atoms with Crippen LogP contribution in [0.4, 0.5) is 0 Å². The van der Waals surface area contributed by atoms with Crippen LogP contribution in [0.1, 0.15) is 22.9 Å². The van der Waals surface area contributed by atoms with Crippen molar-refractivity contribution >= 4 is 76.8 Å². The van der Waals surface area contributed by atoms with Crippen molar-refractivity contribution in [3.05, 3.63) is 235 Å². The summed E-state index contributed by atoms with van der Waals surface area (Å²) in [6, 6.07) is 76.9. The Hall–Kier alpha value is -8.67. The van der Waals surface area contributed by atoms with E-state index in [4.69, 9.17) is 19.4 Å². The zero-order chi connectivity index (χ0) is 42.8. The molecule has 0 aliphatic carbocycles. The Morgan fingerprint density at radius 3 is 1.75 bits per heavy atom. The summed E-state index contributed by atoms with van der Waals surface area (Å²) in [6.45, 7) is 0. The van der Waals surface area contributed by atoms with E-state index >= 15 is 0 Å². The molecule has 5 heteroatoms. The molecule has 12 aromatic rings. The number of fused-ring (bicyclic) bond motifs is 8. The van der Waals surface area contributed by atoms with Gasteiger partial charge in [-0.3, -0.25) is 0 Å². The normalized spacial score (nSPS) is 14.0. The van der Waals surface area contributed by atoms with Crippen LogP contribution in [-0.4, -0.2) is 16.7 Å². The molecular formula is C60H38N4O. The second-order valence-electron chi connectivity index (χ2n) is 16.7. The third-order valence-corrected chi connectivity index (χ3v) is 12.9. The van der Waals surface area contributed by atoms with E-state index in [9.17, 15) is 0 Å². The van der Waals surface area contributed by atoms with Crippen molar-refractivity contribution in [2.24, 2.45) is 9.98 Å². The van der Waals surface area contributed by atoms with E-state index in [1.54, 1.807) is 0 Å². The van der Waals surface area contributed by atoms with Crippen LogP contribution in [0.15, 0.2) is 233 Å². The number of hydrogen-bond donors (Lipinski definition) is 1. The maximum atomic E-state index is 6.63. The second-order valence-corrected chi connectivity index (χ2v) is 16.7. The Bertz CT molecular complexity index is 3890. The van der Waals surface area contributed by atoms with Crippen molar-refractivity contribution in [2.75, 3.05) is 0 Å². The van der Waals surface area contributed by atoms with Crippen LogP contribution >= 0.6 is 0 Å². The van der Waals surface area contributed by atoms with Crippen molar-refractivity contribution in [2.45, 2.75) is 6.17 Å². The summed E-state index contributed by atoms with van der Waals surface area (Å²) in [6.07, 6.45) is -0.351. The first-order chi connectivity index (χ1) is 32.2. The van der Waals surface area contributed by atoms with E-state index in [-0.39, 0.29) is 6.17 Å². The number of aromatic nitrogens is 1. The number of benzene rings is 10. The van der Waals surface area contributed by atoms with Crippen LogP contribution in [0.2, 0.25) is 0 Å². The second kappa shape index (κ2) is 15.0. The molecule has 2 aromatic heterocycles. The molecule has 65 heavy (non-hydrogen) atoms. The maximum Gasteiger partial charge on any atom is 0.160 e. The lowest BCUT2D eigenvalue weighted by Crippen LogP contribution is -2.33. The highest BCUT2D eigenvalue weighted by Crippen LogP contribution is 2.46. The molecule has 1 aliphatic heterocycles. The summed E-state index contributed by atoms with van der Waals surface area (Å²) in [5, 5.41) is 13.9. The predicted molar refractivity (Wildman–Crippen MR) is 270 cm³/mol. The summed E-state index contributed by atoms with van der Waals surface area (Å²) in [5.74, 6) is 1.51. The quantitative estimate of drug-likeness (QED) is 0.170. The van der Waals surface area contributed by atoms with Crippen LogP contribution < -0.4 is 5.32 Å². The fourth-order valence-electron chi connectivity index (χ4n) is 9.84. The number of para-hydroxylation sites is 2. The third kappa shape index (κ3) is 6.20. The van der Waals surface area contributed by atoms with Crippen LogP contribution in [0, 0.1) is 0 Å². The zero-order valence-corrected chi connectivity index (χ0v) is 35.1. The van der Waals surface area contributed by atoms with Crippen LogP contribution in [0.3, 0.4) is 0 Å². The van der Waals surface area contributed by atoms with Gasteiger partial charge in [0, 0.05) is 49.2 Å². The molecule has 0 saturated carbocycles. The van der Waals surface area contributed by atoms with Gasteiger partial charge in [0.1, 0.15) is 23.2 Å². The highest BCUT2D eigenvalue weighted by molar-refractivity contribution is 6.28. The molecule has 3 heterocycles. The Morgan fingerprint density at radius 2 is 1.00 bits per heavy atom. The Morgan fingerprint density at radius 1 is 0.415 bits per heavy atom. The topological polar surface area (TPSA) is 62.8 Å². The molecule has 13 rings (SSSR count). The molecule has 0 spiro atoms. The molecule has 0 bridgehead atoms. The van der Waals surface area contributed by atoms with E-state index < -0.39 is 0 Å². The lowest BCUT2D eigenvalue weighted by atomic mass is 9.89. The zero-order valence-electron chi connectivity index (χ0n) is 35.1. The summed E-state index contributed by atoms with van der Waals surface area (Å²) in [5.41, 5.74) is 12.3. The molecule has 1 aliphatic rings. The summed E-state index contributed by atoms with van der Waals surface area (Å²) in [4.78, 5) is 15.8. The van der Waals surface area contributed by atoms with Crippen molar-refractivity contribution in [3.8, 4) is 33.5 Å². The summed E-state index contributed by atoms with van der Waals surface area (Å²) >= 11 is 0. The molecule has 10 aromatic carbocycles. The van der Waals surface area contributed by atoms with Gasteiger partial charge in [-0.15, -0.1) is 0 Å². The van der Waals surface area contributed by atoms with Gasteiger partial charge >= 0.3 is 0 Å². The predicted octanol–water partition coefficient (Wildman–Crippen LogP) is 15.1. The van der Waals surface area contributed by atoms with Crippen molar-refractivity contribution in [1.29, 1.82) is 0 Å². The largest absolute Gasteiger partial charge is 0.456 e. The third-order valence-electron chi connectivity index (χ3n) is 12.9. The van der Waals surface area contributed by atoms with E-state index in [2.05, 4.69) is 212 Å². The van der Waals surface area contributed by atoms with Gasteiger partial charge in [0.15, 0.2) is 5.84 Å². The number of amidine groups is 2. The van der Waals surface area contributed by atoms with Gasteiger partial charge in [-0.25, -0.2) is 15.0 Å². The first kappa shape index (κ1) is 36.9. The lowest BCUT2D eigenvalue weighted by Gasteiger charge is -2.25. The fourth-order valence-corrected chi connectivity index (χ4v) is 9.84. The van der Waals surface area contributed by atoms with E-state index in [0.717, 1.165) is 110 Å². The molecule has 0 fully saturated rings. The van der Waals surface area contributed by atoms with Crippen LogP contribution in [0.25, 0.3) is 98.7 Å². The van der Waals surface area contributed by atoms with Gasteiger partial charge in [0.05, 0.1) is 11.2 Å². The number of nitrogens with zero attached hydrogens (tertiary/aromatic N) is 3. The SMILES string of the molecule is c1ccc(-c2nc3ccccc3c3c(-c4ccc(-c5ccc(C6N=C(c7cccc8ccccc78)N=C(c7cccc8ccccc78)N6)cc5)cc4)c4c(cc23)oc2ccccc24)cc1. The monoisotopic (exact) mass is 830 g/mol. The minimum atomic E-state index is -0.351. The Labute approximate surface area is 374 Å². The molecule has 0 radical (unpaired) electrons. The van der Waals surface area contributed by atoms with Crippen LogP contribution in [0.5, 0.6) is 0 Å². The van der Waals surface area contributed by atoms with Crippen molar-refractivity contribution in [3.63, 3.8) is 0 Å². The Kier molecular flexibility index (Phi) is 8.53. The minimum Gasteiger partial charge on any atom is -0.456 e. The highest BCUT2D eigenvalue weighted by atomic mass is 16.3. The number of furan rings is 1. The lowest BCUT2D eigenvalue weighted by molar-refractivity contribution is 0.669. The van der Waals surface area contributed by atoms with Gasteiger partial charge in [0.25, 0.3) is 0 Å². The van der Waals surface area contributed by atoms with Gasteiger partial charge in [0.2, 0.25) is 0 Å². The van der Waals surface area contributed by atoms with Crippen LogP contribution in [-0.2, 0) is 0 Å². The van der Waals surface area contributed by atoms with Gasteiger partial charge < -0.3 is 9.73 Å².